The number of rotatable bonds is 5. The van der Waals surface area contributed by atoms with Crippen LogP contribution in [-0.4, -0.2) is 23.9 Å². The normalized spacial score (nSPS) is 27.5. The average Bonchev–Trinajstić information content (AvgIpc) is 2.65. The molecule has 1 aliphatic rings. The summed E-state index contributed by atoms with van der Waals surface area (Å²) in [5.74, 6) is 0.432. The van der Waals surface area contributed by atoms with Crippen LogP contribution in [0.1, 0.15) is 46.0 Å². The lowest BCUT2D eigenvalue weighted by molar-refractivity contribution is 0.0619. The zero-order chi connectivity index (χ0) is 9.68. The van der Waals surface area contributed by atoms with Crippen molar-refractivity contribution < 1.29 is 9.84 Å². The van der Waals surface area contributed by atoms with Gasteiger partial charge in [-0.25, -0.2) is 0 Å². The molecule has 0 aromatic rings. The molecule has 1 fully saturated rings. The van der Waals surface area contributed by atoms with Crippen molar-refractivity contribution in [2.75, 3.05) is 6.61 Å². The van der Waals surface area contributed by atoms with Crippen molar-refractivity contribution in [3.05, 3.63) is 0 Å². The predicted molar refractivity (Wildman–Crippen MR) is 53.7 cm³/mol. The third-order valence-corrected chi connectivity index (χ3v) is 3.11. The molecule has 1 saturated heterocycles. The Hall–Kier alpha value is -0.0800. The molecule has 0 saturated carbocycles. The monoisotopic (exact) mass is 186 g/mol. The molecule has 0 spiro atoms. The van der Waals surface area contributed by atoms with Crippen LogP contribution in [0.4, 0.5) is 0 Å². The molecule has 0 aliphatic carbocycles. The van der Waals surface area contributed by atoms with Crippen LogP contribution in [0.3, 0.4) is 0 Å². The topological polar surface area (TPSA) is 29.5 Å². The molecule has 0 aromatic carbocycles. The highest BCUT2D eigenvalue weighted by molar-refractivity contribution is 4.69. The Kier molecular flexibility index (Phi) is 4.74. The van der Waals surface area contributed by atoms with Gasteiger partial charge in [-0.15, -0.1) is 0 Å². The van der Waals surface area contributed by atoms with Gasteiger partial charge in [-0.2, -0.15) is 0 Å². The van der Waals surface area contributed by atoms with Crippen molar-refractivity contribution >= 4 is 0 Å². The summed E-state index contributed by atoms with van der Waals surface area (Å²) in [5, 5.41) is 9.72. The fourth-order valence-corrected chi connectivity index (χ4v) is 1.79. The minimum Gasteiger partial charge on any atom is -0.393 e. The van der Waals surface area contributed by atoms with Gasteiger partial charge < -0.3 is 9.84 Å². The first kappa shape index (κ1) is 11.0. The van der Waals surface area contributed by atoms with E-state index in [-0.39, 0.29) is 6.10 Å². The van der Waals surface area contributed by atoms with Crippen LogP contribution in [0.2, 0.25) is 0 Å². The van der Waals surface area contributed by atoms with Crippen molar-refractivity contribution in [1.82, 2.24) is 0 Å². The predicted octanol–water partition coefficient (Wildman–Crippen LogP) is 2.35. The smallest absolute Gasteiger partial charge is 0.0577 e. The van der Waals surface area contributed by atoms with E-state index in [9.17, 15) is 5.11 Å². The van der Waals surface area contributed by atoms with Crippen LogP contribution in [0.15, 0.2) is 0 Å². The summed E-state index contributed by atoms with van der Waals surface area (Å²) in [4.78, 5) is 0. The van der Waals surface area contributed by atoms with Gasteiger partial charge in [-0.05, 0) is 31.6 Å². The van der Waals surface area contributed by atoms with E-state index >= 15 is 0 Å². The first-order chi connectivity index (χ1) is 6.24. The molecule has 1 heterocycles. The first-order valence-electron chi connectivity index (χ1n) is 5.53. The minimum atomic E-state index is -0.130. The van der Waals surface area contributed by atoms with E-state index in [2.05, 4.69) is 13.8 Å². The highest BCUT2D eigenvalue weighted by Gasteiger charge is 2.18. The Morgan fingerprint density at radius 1 is 1.54 bits per heavy atom. The van der Waals surface area contributed by atoms with E-state index in [4.69, 9.17) is 4.74 Å². The Morgan fingerprint density at radius 2 is 2.31 bits per heavy atom. The van der Waals surface area contributed by atoms with Crippen molar-refractivity contribution in [3.63, 3.8) is 0 Å². The molecule has 13 heavy (non-hydrogen) atoms. The molecule has 0 radical (unpaired) electrons. The minimum absolute atomic E-state index is 0.130. The number of hydrogen-bond acceptors (Lipinski definition) is 2. The molecule has 1 aliphatic heterocycles. The van der Waals surface area contributed by atoms with E-state index < -0.39 is 0 Å². The van der Waals surface area contributed by atoms with E-state index in [1.807, 2.05) is 0 Å². The summed E-state index contributed by atoms with van der Waals surface area (Å²) in [6, 6.07) is 0. The van der Waals surface area contributed by atoms with Gasteiger partial charge >= 0.3 is 0 Å². The summed E-state index contributed by atoms with van der Waals surface area (Å²) in [6.45, 7) is 5.16. The standard InChI is InChI=1S/C11H22O2/c1-3-9(2)11(12)7-6-10-5-4-8-13-10/h9-12H,3-8H2,1-2H3. The molecule has 0 aromatic heterocycles. The number of aliphatic hydroxyl groups is 1. The van der Waals surface area contributed by atoms with Gasteiger partial charge in [0.25, 0.3) is 0 Å². The molecule has 0 bridgehead atoms. The largest absolute Gasteiger partial charge is 0.393 e. The number of aliphatic hydroxyl groups excluding tert-OH is 1. The first-order valence-corrected chi connectivity index (χ1v) is 5.53. The maximum atomic E-state index is 9.72. The van der Waals surface area contributed by atoms with Crippen LogP contribution < -0.4 is 0 Å². The molecule has 2 nitrogen and oxygen atoms in total. The van der Waals surface area contributed by atoms with E-state index in [0.717, 1.165) is 25.9 Å². The second-order valence-electron chi connectivity index (χ2n) is 4.17. The van der Waals surface area contributed by atoms with Crippen LogP contribution in [0, 0.1) is 5.92 Å². The SMILES string of the molecule is CCC(C)C(O)CCC1CCCO1. The molecular formula is C11H22O2. The van der Waals surface area contributed by atoms with Crippen LogP contribution in [-0.2, 0) is 4.74 Å². The number of hydrogen-bond donors (Lipinski definition) is 1. The van der Waals surface area contributed by atoms with Crippen molar-refractivity contribution in [1.29, 1.82) is 0 Å². The average molecular weight is 186 g/mol. The molecule has 1 N–H and O–H groups in total. The molecule has 3 unspecified atom stereocenters. The molecular weight excluding hydrogens is 164 g/mol. The molecule has 0 amide bonds. The Morgan fingerprint density at radius 3 is 2.85 bits per heavy atom. The van der Waals surface area contributed by atoms with Gasteiger partial charge in [0.05, 0.1) is 12.2 Å². The van der Waals surface area contributed by atoms with Crippen molar-refractivity contribution in [3.8, 4) is 0 Å². The lowest BCUT2D eigenvalue weighted by Gasteiger charge is -2.18. The van der Waals surface area contributed by atoms with Gasteiger partial charge in [0.15, 0.2) is 0 Å². The maximum absolute atomic E-state index is 9.72. The zero-order valence-corrected chi connectivity index (χ0v) is 8.83. The quantitative estimate of drug-likeness (QED) is 0.714. The van der Waals surface area contributed by atoms with E-state index in [1.54, 1.807) is 0 Å². The Labute approximate surface area is 81.3 Å². The highest BCUT2D eigenvalue weighted by atomic mass is 16.5. The van der Waals surface area contributed by atoms with Gasteiger partial charge in [0.1, 0.15) is 0 Å². The number of ether oxygens (including phenoxy) is 1. The van der Waals surface area contributed by atoms with E-state index in [0.29, 0.717) is 12.0 Å². The second-order valence-corrected chi connectivity index (χ2v) is 4.17. The second kappa shape index (κ2) is 5.61. The lowest BCUT2D eigenvalue weighted by Crippen LogP contribution is -2.19. The molecule has 78 valence electrons. The fraction of sp³-hybridized carbons (Fsp3) is 1.00. The summed E-state index contributed by atoms with van der Waals surface area (Å²) in [5.41, 5.74) is 0. The van der Waals surface area contributed by atoms with Gasteiger partial charge in [0.2, 0.25) is 0 Å². The van der Waals surface area contributed by atoms with Gasteiger partial charge in [-0.3, -0.25) is 0 Å². The van der Waals surface area contributed by atoms with Crippen molar-refractivity contribution in [2.45, 2.75) is 58.2 Å². The van der Waals surface area contributed by atoms with Crippen LogP contribution >= 0.6 is 0 Å². The fourth-order valence-electron chi connectivity index (χ4n) is 1.79. The maximum Gasteiger partial charge on any atom is 0.0577 e. The lowest BCUT2D eigenvalue weighted by atomic mass is 9.96. The van der Waals surface area contributed by atoms with Crippen molar-refractivity contribution in [2.24, 2.45) is 5.92 Å². The molecule has 1 rings (SSSR count). The highest BCUT2D eigenvalue weighted by Crippen LogP contribution is 2.20. The molecule has 2 heteroatoms. The van der Waals surface area contributed by atoms with Crippen LogP contribution in [0.25, 0.3) is 0 Å². The Balaban J connectivity index is 2.10. The zero-order valence-electron chi connectivity index (χ0n) is 8.83. The molecule has 3 atom stereocenters. The summed E-state index contributed by atoms with van der Waals surface area (Å²) < 4.78 is 5.51. The van der Waals surface area contributed by atoms with Crippen LogP contribution in [0.5, 0.6) is 0 Å². The third-order valence-electron chi connectivity index (χ3n) is 3.11. The Bertz CT molecular complexity index is 130. The van der Waals surface area contributed by atoms with Gasteiger partial charge in [-0.1, -0.05) is 20.3 Å². The summed E-state index contributed by atoms with van der Waals surface area (Å²) >= 11 is 0. The third kappa shape index (κ3) is 3.65. The van der Waals surface area contributed by atoms with E-state index in [1.165, 1.54) is 12.8 Å². The van der Waals surface area contributed by atoms with Gasteiger partial charge in [0, 0.05) is 6.61 Å². The summed E-state index contributed by atoms with van der Waals surface area (Å²) in [7, 11) is 0. The summed E-state index contributed by atoms with van der Waals surface area (Å²) in [6.07, 6.45) is 5.68.